The molecule has 5 rings (SSSR count). The molecule has 0 radical (unpaired) electrons. The average molecular weight is 403 g/mol. The van der Waals surface area contributed by atoms with Gasteiger partial charge in [-0.15, -0.1) is 5.10 Å². The molecule has 1 aliphatic rings. The quantitative estimate of drug-likeness (QED) is 0.508. The molecule has 0 aliphatic carbocycles. The summed E-state index contributed by atoms with van der Waals surface area (Å²) in [5.41, 5.74) is 2.25. The molecule has 1 aliphatic heterocycles. The average Bonchev–Trinajstić information content (AvgIpc) is 3.03. The molecule has 0 amide bonds. The summed E-state index contributed by atoms with van der Waals surface area (Å²) in [5.74, 6) is 1.54. The maximum Gasteiger partial charge on any atom is 0.266 e. The number of fused-ring (bicyclic) bond motifs is 1. The van der Waals surface area contributed by atoms with Gasteiger partial charge in [0.25, 0.3) is 11.1 Å². The van der Waals surface area contributed by atoms with Crippen molar-refractivity contribution in [1.82, 2.24) is 28.9 Å². The standard InChI is InChI=1S/C21H21N7O2/c1-14-9-15(2)28(23-14)18-6-7-20(29)27(24-18)13-16-11-25(12-16)19-10-21(30)26-8-4-3-5-17(26)22-19/h3-10,16H,11-13H2,1-2H3. The maximum atomic E-state index is 12.3. The molecule has 152 valence electrons. The fourth-order valence-corrected chi connectivity index (χ4v) is 3.86. The first-order valence-corrected chi connectivity index (χ1v) is 9.83. The van der Waals surface area contributed by atoms with Crippen molar-refractivity contribution >= 4 is 11.5 Å². The second kappa shape index (κ2) is 6.94. The van der Waals surface area contributed by atoms with Gasteiger partial charge in [-0.1, -0.05) is 6.07 Å². The topological polar surface area (TPSA) is 90.3 Å². The SMILES string of the molecule is Cc1cc(C)n(-c2ccc(=O)n(CC3CN(c4cc(=O)n5ccccc5n4)C3)n2)n1. The summed E-state index contributed by atoms with van der Waals surface area (Å²) in [6, 6.07) is 12.2. The van der Waals surface area contributed by atoms with Crippen LogP contribution in [0.5, 0.6) is 0 Å². The van der Waals surface area contributed by atoms with E-state index in [1.165, 1.54) is 15.1 Å². The number of aryl methyl sites for hydroxylation is 2. The Bertz CT molecular complexity index is 1360. The number of aromatic nitrogens is 6. The van der Waals surface area contributed by atoms with Crippen molar-refractivity contribution in [3.05, 3.63) is 80.8 Å². The smallest absolute Gasteiger partial charge is 0.266 e. The Balaban J connectivity index is 1.33. The summed E-state index contributed by atoms with van der Waals surface area (Å²) in [7, 11) is 0. The molecule has 0 aromatic carbocycles. The van der Waals surface area contributed by atoms with Gasteiger partial charge in [0.15, 0.2) is 5.82 Å². The Morgan fingerprint density at radius 3 is 2.57 bits per heavy atom. The van der Waals surface area contributed by atoms with Crippen LogP contribution in [-0.2, 0) is 6.54 Å². The van der Waals surface area contributed by atoms with Crippen molar-refractivity contribution < 1.29 is 0 Å². The predicted octanol–water partition coefficient (Wildman–Crippen LogP) is 1.19. The highest BCUT2D eigenvalue weighted by molar-refractivity contribution is 5.49. The maximum absolute atomic E-state index is 12.3. The number of hydrogen-bond donors (Lipinski definition) is 0. The van der Waals surface area contributed by atoms with Gasteiger partial charge in [-0.2, -0.15) is 5.10 Å². The molecule has 9 nitrogen and oxygen atoms in total. The molecule has 0 unspecified atom stereocenters. The molecular formula is C21H21N7O2. The van der Waals surface area contributed by atoms with E-state index >= 15 is 0 Å². The Morgan fingerprint density at radius 1 is 0.967 bits per heavy atom. The zero-order chi connectivity index (χ0) is 20.8. The Morgan fingerprint density at radius 2 is 1.80 bits per heavy atom. The van der Waals surface area contributed by atoms with Gasteiger partial charge in [-0.25, -0.2) is 14.3 Å². The molecular weight excluding hydrogens is 382 g/mol. The van der Waals surface area contributed by atoms with Crippen molar-refractivity contribution in [3.63, 3.8) is 0 Å². The lowest BCUT2D eigenvalue weighted by Gasteiger charge is -2.40. The van der Waals surface area contributed by atoms with Crippen LogP contribution in [0.3, 0.4) is 0 Å². The summed E-state index contributed by atoms with van der Waals surface area (Å²) in [4.78, 5) is 31.2. The summed E-state index contributed by atoms with van der Waals surface area (Å²) in [5, 5.41) is 8.95. The van der Waals surface area contributed by atoms with Crippen LogP contribution < -0.4 is 16.0 Å². The van der Waals surface area contributed by atoms with Crippen LogP contribution in [0.2, 0.25) is 0 Å². The van der Waals surface area contributed by atoms with Crippen LogP contribution >= 0.6 is 0 Å². The van der Waals surface area contributed by atoms with E-state index in [2.05, 4.69) is 20.1 Å². The molecule has 1 saturated heterocycles. The summed E-state index contributed by atoms with van der Waals surface area (Å²) < 4.78 is 4.76. The van der Waals surface area contributed by atoms with Crippen LogP contribution in [0.1, 0.15) is 11.4 Å². The molecule has 1 fully saturated rings. The Kier molecular flexibility index (Phi) is 4.23. The molecule has 4 aromatic rings. The zero-order valence-electron chi connectivity index (χ0n) is 16.8. The summed E-state index contributed by atoms with van der Waals surface area (Å²) >= 11 is 0. The van der Waals surface area contributed by atoms with Gasteiger partial charge in [0.05, 0.1) is 12.2 Å². The minimum atomic E-state index is -0.138. The third-order valence-corrected chi connectivity index (χ3v) is 5.35. The first-order chi connectivity index (χ1) is 14.5. The molecule has 0 N–H and O–H groups in total. The van der Waals surface area contributed by atoms with E-state index in [0.717, 1.165) is 11.4 Å². The second-order valence-electron chi connectivity index (χ2n) is 7.70. The molecule has 9 heteroatoms. The summed E-state index contributed by atoms with van der Waals surface area (Å²) in [6.07, 6.45) is 1.71. The molecule has 5 heterocycles. The third kappa shape index (κ3) is 3.18. The van der Waals surface area contributed by atoms with Crippen LogP contribution in [0.4, 0.5) is 5.82 Å². The summed E-state index contributed by atoms with van der Waals surface area (Å²) in [6.45, 7) is 5.83. The number of anilines is 1. The minimum absolute atomic E-state index is 0.102. The number of pyridine rings is 1. The van der Waals surface area contributed by atoms with E-state index in [1.807, 2.05) is 32.0 Å². The molecule has 0 saturated carbocycles. The lowest BCUT2D eigenvalue weighted by Crippen LogP contribution is -2.50. The molecule has 0 spiro atoms. The van der Waals surface area contributed by atoms with E-state index in [9.17, 15) is 9.59 Å². The van der Waals surface area contributed by atoms with Gasteiger partial charge in [0, 0.05) is 43.0 Å². The van der Waals surface area contributed by atoms with Gasteiger partial charge in [-0.3, -0.25) is 14.0 Å². The highest BCUT2D eigenvalue weighted by atomic mass is 16.1. The van der Waals surface area contributed by atoms with Crippen molar-refractivity contribution in [2.45, 2.75) is 20.4 Å². The fourth-order valence-electron chi connectivity index (χ4n) is 3.86. The first-order valence-electron chi connectivity index (χ1n) is 9.83. The molecule has 30 heavy (non-hydrogen) atoms. The van der Waals surface area contributed by atoms with Gasteiger partial charge >= 0.3 is 0 Å². The van der Waals surface area contributed by atoms with Crippen molar-refractivity contribution in [2.75, 3.05) is 18.0 Å². The van der Waals surface area contributed by atoms with E-state index in [1.54, 1.807) is 29.1 Å². The molecule has 4 aromatic heterocycles. The Labute approximate surface area is 171 Å². The van der Waals surface area contributed by atoms with Gasteiger partial charge < -0.3 is 4.90 Å². The number of rotatable bonds is 4. The van der Waals surface area contributed by atoms with Gasteiger partial charge in [0.2, 0.25) is 0 Å². The van der Waals surface area contributed by atoms with Crippen LogP contribution in [-0.4, -0.2) is 42.0 Å². The van der Waals surface area contributed by atoms with E-state index in [4.69, 9.17) is 0 Å². The van der Waals surface area contributed by atoms with Crippen LogP contribution in [0.15, 0.2) is 58.3 Å². The molecule has 0 bridgehead atoms. The Hall–Kier alpha value is -3.75. The monoisotopic (exact) mass is 403 g/mol. The minimum Gasteiger partial charge on any atom is -0.356 e. The zero-order valence-corrected chi connectivity index (χ0v) is 16.8. The highest BCUT2D eigenvalue weighted by Crippen LogP contribution is 2.23. The van der Waals surface area contributed by atoms with Gasteiger partial charge in [-0.05, 0) is 38.1 Å². The van der Waals surface area contributed by atoms with Gasteiger partial charge in [0.1, 0.15) is 11.5 Å². The van der Waals surface area contributed by atoms with E-state index < -0.39 is 0 Å². The predicted molar refractivity (Wildman–Crippen MR) is 112 cm³/mol. The lowest BCUT2D eigenvalue weighted by molar-refractivity contribution is 0.332. The van der Waals surface area contributed by atoms with Crippen LogP contribution in [0, 0.1) is 19.8 Å². The lowest BCUT2D eigenvalue weighted by atomic mass is 10.0. The van der Waals surface area contributed by atoms with Crippen LogP contribution in [0.25, 0.3) is 11.5 Å². The fraction of sp³-hybridized carbons (Fsp3) is 0.286. The first kappa shape index (κ1) is 18.3. The van der Waals surface area contributed by atoms with E-state index in [-0.39, 0.29) is 17.0 Å². The normalized spacial score (nSPS) is 14.3. The van der Waals surface area contributed by atoms with Crippen molar-refractivity contribution in [1.29, 1.82) is 0 Å². The van der Waals surface area contributed by atoms with E-state index in [0.29, 0.717) is 36.9 Å². The highest BCUT2D eigenvalue weighted by Gasteiger charge is 2.29. The second-order valence-corrected chi connectivity index (χ2v) is 7.70. The third-order valence-electron chi connectivity index (χ3n) is 5.35. The largest absolute Gasteiger partial charge is 0.356 e. The number of nitrogens with zero attached hydrogens (tertiary/aromatic N) is 7. The molecule has 0 atom stereocenters. The van der Waals surface area contributed by atoms with Crippen molar-refractivity contribution in [2.24, 2.45) is 5.92 Å². The van der Waals surface area contributed by atoms with Crippen molar-refractivity contribution in [3.8, 4) is 5.82 Å². The number of hydrogen-bond acceptors (Lipinski definition) is 6.